The molecular weight excluding hydrogens is 297 g/mol. The zero-order valence-corrected chi connectivity index (χ0v) is 13.0. The molecule has 1 heterocycles. The van der Waals surface area contributed by atoms with Crippen molar-refractivity contribution >= 4 is 24.0 Å². The molecule has 1 aromatic carbocycles. The lowest BCUT2D eigenvalue weighted by Gasteiger charge is -2.14. The normalized spacial score (nSPS) is 9.75. The molecular formula is C15H17Cl2NO2. The summed E-state index contributed by atoms with van der Waals surface area (Å²) in [7, 11) is 1.62. The van der Waals surface area contributed by atoms with E-state index in [4.69, 9.17) is 21.1 Å². The van der Waals surface area contributed by atoms with Crippen LogP contribution in [0.15, 0.2) is 36.5 Å². The van der Waals surface area contributed by atoms with E-state index in [2.05, 4.69) is 4.98 Å². The van der Waals surface area contributed by atoms with E-state index in [1.54, 1.807) is 13.3 Å². The minimum Gasteiger partial charge on any atom is -0.492 e. The molecule has 0 atom stereocenters. The highest BCUT2D eigenvalue weighted by Crippen LogP contribution is 2.32. The highest BCUT2D eigenvalue weighted by Gasteiger charge is 2.12. The van der Waals surface area contributed by atoms with E-state index in [-0.39, 0.29) is 12.4 Å². The van der Waals surface area contributed by atoms with E-state index >= 15 is 0 Å². The van der Waals surface area contributed by atoms with Gasteiger partial charge in [-0.3, -0.25) is 4.98 Å². The molecule has 0 radical (unpaired) electrons. The Labute approximate surface area is 130 Å². The van der Waals surface area contributed by atoms with Gasteiger partial charge < -0.3 is 9.47 Å². The van der Waals surface area contributed by atoms with Crippen LogP contribution in [0, 0.1) is 6.92 Å². The van der Waals surface area contributed by atoms with E-state index in [0.29, 0.717) is 24.0 Å². The standard InChI is InChI=1S/C15H16ClNO2.ClH/c1-11-13(8-16)17-9-14(15(11)18-2)19-10-12-6-4-3-5-7-12;/h3-7,9H,8,10H2,1-2H3;1H. The molecule has 2 rings (SSSR count). The van der Waals surface area contributed by atoms with E-state index in [1.165, 1.54) is 0 Å². The van der Waals surface area contributed by atoms with Crippen LogP contribution in [0.1, 0.15) is 16.8 Å². The average Bonchev–Trinajstić information content (AvgIpc) is 2.46. The third kappa shape index (κ3) is 3.78. The Bertz CT molecular complexity index is 547. The molecule has 0 bridgehead atoms. The van der Waals surface area contributed by atoms with Crippen LogP contribution in [-0.2, 0) is 12.5 Å². The first-order chi connectivity index (χ1) is 9.26. The summed E-state index contributed by atoms with van der Waals surface area (Å²) in [5, 5.41) is 0. The van der Waals surface area contributed by atoms with Crippen LogP contribution < -0.4 is 9.47 Å². The quantitative estimate of drug-likeness (QED) is 0.777. The molecule has 1 aromatic heterocycles. The summed E-state index contributed by atoms with van der Waals surface area (Å²) in [5.41, 5.74) is 2.83. The first kappa shape index (κ1) is 16.6. The maximum atomic E-state index is 5.83. The SMILES string of the molecule is COc1c(OCc2ccccc2)cnc(CCl)c1C.Cl. The number of hydrogen-bond donors (Lipinski definition) is 0. The molecule has 0 spiro atoms. The highest BCUT2D eigenvalue weighted by molar-refractivity contribution is 6.17. The Hall–Kier alpha value is -1.45. The van der Waals surface area contributed by atoms with Crippen LogP contribution in [0.5, 0.6) is 11.5 Å². The summed E-state index contributed by atoms with van der Waals surface area (Å²) in [6.45, 7) is 2.41. The lowest BCUT2D eigenvalue weighted by Crippen LogP contribution is -2.02. The van der Waals surface area contributed by atoms with Crippen molar-refractivity contribution < 1.29 is 9.47 Å². The van der Waals surface area contributed by atoms with Gasteiger partial charge in [-0.1, -0.05) is 30.3 Å². The molecule has 0 aliphatic heterocycles. The number of rotatable bonds is 5. The Morgan fingerprint density at radius 2 is 1.90 bits per heavy atom. The number of hydrogen-bond acceptors (Lipinski definition) is 3. The van der Waals surface area contributed by atoms with Crippen LogP contribution in [0.25, 0.3) is 0 Å². The zero-order valence-electron chi connectivity index (χ0n) is 11.4. The predicted octanol–water partition coefficient (Wildman–Crippen LogP) is 4.14. The number of halogens is 2. The average molecular weight is 314 g/mol. The maximum absolute atomic E-state index is 5.83. The van der Waals surface area contributed by atoms with Gasteiger partial charge in [0.25, 0.3) is 0 Å². The lowest BCUT2D eigenvalue weighted by molar-refractivity contribution is 0.282. The van der Waals surface area contributed by atoms with Gasteiger partial charge in [0.15, 0.2) is 11.5 Å². The fourth-order valence-electron chi connectivity index (χ4n) is 1.83. The van der Waals surface area contributed by atoms with Gasteiger partial charge in [-0.2, -0.15) is 0 Å². The second kappa shape index (κ2) is 7.98. The molecule has 0 fully saturated rings. The molecule has 0 N–H and O–H groups in total. The van der Waals surface area contributed by atoms with Crippen molar-refractivity contribution in [1.29, 1.82) is 0 Å². The summed E-state index contributed by atoms with van der Waals surface area (Å²) in [6.07, 6.45) is 1.66. The largest absolute Gasteiger partial charge is 0.492 e. The summed E-state index contributed by atoms with van der Waals surface area (Å²) < 4.78 is 11.1. The summed E-state index contributed by atoms with van der Waals surface area (Å²) >= 11 is 5.83. The van der Waals surface area contributed by atoms with Crippen molar-refractivity contribution in [2.75, 3.05) is 7.11 Å². The molecule has 5 heteroatoms. The third-order valence-corrected chi connectivity index (χ3v) is 3.16. The number of methoxy groups -OCH3 is 1. The van der Waals surface area contributed by atoms with Crippen molar-refractivity contribution in [3.8, 4) is 11.5 Å². The van der Waals surface area contributed by atoms with Gasteiger partial charge in [0.1, 0.15) is 6.61 Å². The molecule has 2 aromatic rings. The Morgan fingerprint density at radius 1 is 1.20 bits per heavy atom. The molecule has 0 saturated carbocycles. The van der Waals surface area contributed by atoms with Crippen molar-refractivity contribution in [3.05, 3.63) is 53.3 Å². The van der Waals surface area contributed by atoms with Gasteiger partial charge in [0, 0.05) is 5.56 Å². The van der Waals surface area contributed by atoms with Crippen LogP contribution in [0.3, 0.4) is 0 Å². The minimum absolute atomic E-state index is 0. The Balaban J connectivity index is 0.00000200. The van der Waals surface area contributed by atoms with Crippen LogP contribution in [0.2, 0.25) is 0 Å². The first-order valence-corrected chi connectivity index (χ1v) is 6.55. The summed E-state index contributed by atoms with van der Waals surface area (Å²) in [5.74, 6) is 1.69. The maximum Gasteiger partial charge on any atom is 0.180 e. The number of nitrogens with zero attached hydrogens (tertiary/aromatic N) is 1. The number of pyridine rings is 1. The van der Waals surface area contributed by atoms with Gasteiger partial charge in [0.2, 0.25) is 0 Å². The Morgan fingerprint density at radius 3 is 2.50 bits per heavy atom. The molecule has 108 valence electrons. The molecule has 0 aliphatic carbocycles. The van der Waals surface area contributed by atoms with Crippen molar-refractivity contribution in [1.82, 2.24) is 4.98 Å². The lowest BCUT2D eigenvalue weighted by atomic mass is 10.2. The summed E-state index contributed by atoms with van der Waals surface area (Å²) in [6, 6.07) is 9.97. The minimum atomic E-state index is 0. The molecule has 3 nitrogen and oxygen atoms in total. The highest BCUT2D eigenvalue weighted by atomic mass is 35.5. The topological polar surface area (TPSA) is 31.4 Å². The second-order valence-electron chi connectivity index (χ2n) is 4.14. The molecule has 0 unspecified atom stereocenters. The van der Waals surface area contributed by atoms with Crippen molar-refractivity contribution in [2.45, 2.75) is 19.4 Å². The van der Waals surface area contributed by atoms with E-state index in [0.717, 1.165) is 16.8 Å². The van der Waals surface area contributed by atoms with Gasteiger partial charge in [0.05, 0.1) is 24.9 Å². The van der Waals surface area contributed by atoms with E-state index in [9.17, 15) is 0 Å². The van der Waals surface area contributed by atoms with Crippen molar-refractivity contribution in [3.63, 3.8) is 0 Å². The zero-order chi connectivity index (χ0) is 13.7. The summed E-state index contributed by atoms with van der Waals surface area (Å²) in [4.78, 5) is 4.28. The van der Waals surface area contributed by atoms with Gasteiger partial charge in [-0.25, -0.2) is 0 Å². The fourth-order valence-corrected chi connectivity index (χ4v) is 2.10. The first-order valence-electron chi connectivity index (χ1n) is 6.01. The van der Waals surface area contributed by atoms with Gasteiger partial charge in [-0.05, 0) is 12.5 Å². The molecule has 0 aliphatic rings. The van der Waals surface area contributed by atoms with Gasteiger partial charge >= 0.3 is 0 Å². The monoisotopic (exact) mass is 313 g/mol. The number of alkyl halides is 1. The van der Waals surface area contributed by atoms with Crippen LogP contribution in [0.4, 0.5) is 0 Å². The fraction of sp³-hybridized carbons (Fsp3) is 0.267. The van der Waals surface area contributed by atoms with Crippen LogP contribution in [-0.4, -0.2) is 12.1 Å². The van der Waals surface area contributed by atoms with E-state index in [1.807, 2.05) is 37.3 Å². The van der Waals surface area contributed by atoms with Crippen molar-refractivity contribution in [2.24, 2.45) is 0 Å². The van der Waals surface area contributed by atoms with Crippen LogP contribution >= 0.6 is 24.0 Å². The molecule has 20 heavy (non-hydrogen) atoms. The second-order valence-corrected chi connectivity index (χ2v) is 4.40. The third-order valence-electron chi connectivity index (χ3n) is 2.90. The Kier molecular flexibility index (Phi) is 6.62. The number of benzene rings is 1. The molecule has 0 saturated heterocycles. The smallest absolute Gasteiger partial charge is 0.180 e. The number of ether oxygens (including phenoxy) is 2. The van der Waals surface area contributed by atoms with E-state index < -0.39 is 0 Å². The molecule has 0 amide bonds. The predicted molar refractivity (Wildman–Crippen MR) is 83.1 cm³/mol. The number of aromatic nitrogens is 1. The van der Waals surface area contributed by atoms with Gasteiger partial charge in [-0.15, -0.1) is 24.0 Å².